The Hall–Kier alpha value is -3.02. The number of anilines is 1. The van der Waals surface area contributed by atoms with Gasteiger partial charge in [0.1, 0.15) is 11.8 Å². The summed E-state index contributed by atoms with van der Waals surface area (Å²) in [6.45, 7) is 0. The number of hydrogen-bond acceptors (Lipinski definition) is 3. The van der Waals surface area contributed by atoms with Crippen molar-refractivity contribution in [1.82, 2.24) is 5.32 Å². The van der Waals surface area contributed by atoms with Crippen molar-refractivity contribution in [1.29, 1.82) is 0 Å². The molecule has 0 saturated heterocycles. The maximum absolute atomic E-state index is 12.0. The SMILES string of the molecule is COc1cccc(NC(=O)NC(Cc2ccccc2)C(N)=O)c1. The Balaban J connectivity index is 1.99. The zero-order valence-corrected chi connectivity index (χ0v) is 12.8. The molecule has 0 aliphatic heterocycles. The molecule has 6 nitrogen and oxygen atoms in total. The summed E-state index contributed by atoms with van der Waals surface area (Å²) in [5, 5.41) is 5.24. The molecule has 120 valence electrons. The molecule has 2 rings (SSSR count). The van der Waals surface area contributed by atoms with Gasteiger partial charge in [0, 0.05) is 18.2 Å². The summed E-state index contributed by atoms with van der Waals surface area (Å²) >= 11 is 0. The van der Waals surface area contributed by atoms with Crippen LogP contribution in [0, 0.1) is 0 Å². The van der Waals surface area contributed by atoms with Crippen LogP contribution in [0.1, 0.15) is 5.56 Å². The number of rotatable bonds is 6. The maximum Gasteiger partial charge on any atom is 0.319 e. The highest BCUT2D eigenvalue weighted by atomic mass is 16.5. The summed E-state index contributed by atoms with van der Waals surface area (Å²) in [6.07, 6.45) is 0.335. The third-order valence-corrected chi connectivity index (χ3v) is 3.26. The normalized spacial score (nSPS) is 11.3. The van der Waals surface area contributed by atoms with E-state index in [2.05, 4.69) is 10.6 Å². The number of primary amides is 1. The number of methoxy groups -OCH3 is 1. The summed E-state index contributed by atoms with van der Waals surface area (Å²) in [5.74, 6) is 0.0354. The fourth-order valence-corrected chi connectivity index (χ4v) is 2.10. The largest absolute Gasteiger partial charge is 0.497 e. The highest BCUT2D eigenvalue weighted by Gasteiger charge is 2.18. The summed E-state index contributed by atoms with van der Waals surface area (Å²) in [6, 6.07) is 15.0. The van der Waals surface area contributed by atoms with Crippen molar-refractivity contribution in [2.75, 3.05) is 12.4 Å². The van der Waals surface area contributed by atoms with Gasteiger partial charge in [-0.2, -0.15) is 0 Å². The van der Waals surface area contributed by atoms with Crippen molar-refractivity contribution in [3.8, 4) is 5.75 Å². The average molecular weight is 313 g/mol. The lowest BCUT2D eigenvalue weighted by Crippen LogP contribution is -2.47. The second-order valence-electron chi connectivity index (χ2n) is 4.98. The Morgan fingerprint density at radius 3 is 2.52 bits per heavy atom. The summed E-state index contributed by atoms with van der Waals surface area (Å²) in [5.41, 5.74) is 6.85. The quantitative estimate of drug-likeness (QED) is 0.760. The maximum atomic E-state index is 12.0. The minimum Gasteiger partial charge on any atom is -0.497 e. The van der Waals surface area contributed by atoms with E-state index in [1.807, 2.05) is 30.3 Å². The Morgan fingerprint density at radius 1 is 1.13 bits per heavy atom. The molecule has 4 N–H and O–H groups in total. The number of carbonyl (C=O) groups excluding carboxylic acids is 2. The number of carbonyl (C=O) groups is 2. The Kier molecular flexibility index (Phi) is 5.57. The van der Waals surface area contributed by atoms with Crippen molar-refractivity contribution < 1.29 is 14.3 Å². The van der Waals surface area contributed by atoms with Gasteiger partial charge in [-0.1, -0.05) is 36.4 Å². The molecule has 0 heterocycles. The molecular weight excluding hydrogens is 294 g/mol. The lowest BCUT2D eigenvalue weighted by molar-refractivity contribution is -0.119. The van der Waals surface area contributed by atoms with Gasteiger partial charge in [0.15, 0.2) is 0 Å². The lowest BCUT2D eigenvalue weighted by atomic mass is 10.1. The first-order valence-electron chi connectivity index (χ1n) is 7.13. The van der Waals surface area contributed by atoms with Gasteiger partial charge < -0.3 is 21.1 Å². The van der Waals surface area contributed by atoms with Gasteiger partial charge in [-0.05, 0) is 17.7 Å². The fourth-order valence-electron chi connectivity index (χ4n) is 2.10. The molecule has 0 fully saturated rings. The first kappa shape index (κ1) is 16.4. The van der Waals surface area contributed by atoms with Crippen molar-refractivity contribution in [2.24, 2.45) is 5.73 Å². The van der Waals surface area contributed by atoms with E-state index in [4.69, 9.17) is 10.5 Å². The van der Waals surface area contributed by atoms with Gasteiger partial charge in [-0.25, -0.2) is 4.79 Å². The number of nitrogens with one attached hydrogen (secondary N) is 2. The van der Waals surface area contributed by atoms with Crippen LogP contribution in [0.4, 0.5) is 10.5 Å². The minimum absolute atomic E-state index is 0.335. The molecule has 2 aromatic rings. The van der Waals surface area contributed by atoms with Crippen LogP contribution in [-0.2, 0) is 11.2 Å². The van der Waals surface area contributed by atoms with Crippen LogP contribution in [0.15, 0.2) is 54.6 Å². The molecule has 1 unspecified atom stereocenters. The van der Waals surface area contributed by atoms with E-state index < -0.39 is 18.0 Å². The van der Waals surface area contributed by atoms with E-state index in [9.17, 15) is 9.59 Å². The van der Waals surface area contributed by atoms with Crippen molar-refractivity contribution in [2.45, 2.75) is 12.5 Å². The molecule has 1 atom stereocenters. The van der Waals surface area contributed by atoms with Crippen LogP contribution in [0.5, 0.6) is 5.75 Å². The van der Waals surface area contributed by atoms with Gasteiger partial charge in [0.25, 0.3) is 0 Å². The topological polar surface area (TPSA) is 93.4 Å². The van der Waals surface area contributed by atoms with Crippen molar-refractivity contribution in [3.05, 3.63) is 60.2 Å². The van der Waals surface area contributed by atoms with Gasteiger partial charge in [0.2, 0.25) is 5.91 Å². The third-order valence-electron chi connectivity index (χ3n) is 3.26. The first-order valence-corrected chi connectivity index (χ1v) is 7.13. The number of ether oxygens (including phenoxy) is 1. The standard InChI is InChI=1S/C17H19N3O3/c1-23-14-9-5-8-13(11-14)19-17(22)20-15(16(18)21)10-12-6-3-2-4-7-12/h2-9,11,15H,10H2,1H3,(H2,18,21)(H2,19,20,22). The van der Waals surface area contributed by atoms with Gasteiger partial charge >= 0.3 is 6.03 Å². The van der Waals surface area contributed by atoms with Gasteiger partial charge in [-0.3, -0.25) is 4.79 Å². The third kappa shape index (κ3) is 5.03. The molecule has 3 amide bonds. The molecule has 0 radical (unpaired) electrons. The summed E-state index contributed by atoms with van der Waals surface area (Å²) in [4.78, 5) is 23.6. The summed E-state index contributed by atoms with van der Waals surface area (Å²) in [7, 11) is 1.54. The molecule has 6 heteroatoms. The number of urea groups is 1. The smallest absolute Gasteiger partial charge is 0.319 e. The zero-order valence-electron chi connectivity index (χ0n) is 12.8. The molecule has 2 aromatic carbocycles. The van der Waals surface area contributed by atoms with Crippen LogP contribution in [0.2, 0.25) is 0 Å². The Morgan fingerprint density at radius 2 is 1.87 bits per heavy atom. The predicted molar refractivity (Wildman–Crippen MR) is 88.3 cm³/mol. The molecule has 0 aliphatic carbocycles. The highest BCUT2D eigenvalue weighted by Crippen LogP contribution is 2.16. The van der Waals surface area contributed by atoms with E-state index in [1.54, 1.807) is 31.4 Å². The Labute approximate surface area is 134 Å². The fraction of sp³-hybridized carbons (Fsp3) is 0.176. The van der Waals surface area contributed by atoms with Crippen LogP contribution >= 0.6 is 0 Å². The van der Waals surface area contributed by atoms with E-state index in [0.29, 0.717) is 17.9 Å². The van der Waals surface area contributed by atoms with Crippen LogP contribution in [0.25, 0.3) is 0 Å². The van der Waals surface area contributed by atoms with Crippen molar-refractivity contribution in [3.63, 3.8) is 0 Å². The molecular formula is C17H19N3O3. The van der Waals surface area contributed by atoms with Gasteiger partial charge in [0.05, 0.1) is 7.11 Å². The number of benzene rings is 2. The number of nitrogens with two attached hydrogens (primary N) is 1. The molecule has 0 aromatic heterocycles. The monoisotopic (exact) mass is 313 g/mol. The van der Waals surface area contributed by atoms with E-state index in [-0.39, 0.29) is 0 Å². The average Bonchev–Trinajstić information content (AvgIpc) is 2.55. The number of hydrogen-bond donors (Lipinski definition) is 3. The second kappa shape index (κ2) is 7.84. The van der Waals surface area contributed by atoms with E-state index in [0.717, 1.165) is 5.56 Å². The van der Waals surface area contributed by atoms with Crippen LogP contribution < -0.4 is 21.1 Å². The highest BCUT2D eigenvalue weighted by molar-refractivity contribution is 5.93. The van der Waals surface area contributed by atoms with Crippen molar-refractivity contribution >= 4 is 17.6 Å². The lowest BCUT2D eigenvalue weighted by Gasteiger charge is -2.16. The molecule has 0 saturated carbocycles. The molecule has 23 heavy (non-hydrogen) atoms. The number of amides is 3. The second-order valence-corrected chi connectivity index (χ2v) is 4.98. The predicted octanol–water partition coefficient (Wildman–Crippen LogP) is 1.91. The minimum atomic E-state index is -0.789. The van der Waals surface area contributed by atoms with E-state index in [1.165, 1.54) is 0 Å². The summed E-state index contributed by atoms with van der Waals surface area (Å²) < 4.78 is 5.09. The van der Waals surface area contributed by atoms with Gasteiger partial charge in [-0.15, -0.1) is 0 Å². The molecule has 0 aliphatic rings. The first-order chi connectivity index (χ1) is 11.1. The van der Waals surface area contributed by atoms with Crippen LogP contribution in [0.3, 0.4) is 0 Å². The van der Waals surface area contributed by atoms with E-state index >= 15 is 0 Å². The Bertz CT molecular complexity index is 674. The molecule has 0 bridgehead atoms. The van der Waals surface area contributed by atoms with Crippen LogP contribution in [-0.4, -0.2) is 25.1 Å². The zero-order chi connectivity index (χ0) is 16.7. The molecule has 0 spiro atoms.